The van der Waals surface area contributed by atoms with Gasteiger partial charge in [0.25, 0.3) is 5.56 Å². The van der Waals surface area contributed by atoms with E-state index in [2.05, 4.69) is 32.2 Å². The van der Waals surface area contributed by atoms with Crippen LogP contribution in [-0.2, 0) is 11.8 Å². The highest BCUT2D eigenvalue weighted by Gasteiger charge is 2.23. The number of esters is 1. The molecule has 8 nitrogen and oxygen atoms in total. The Morgan fingerprint density at radius 2 is 1.70 bits per heavy atom. The first-order chi connectivity index (χ1) is 19.2. The number of hydrogen-bond donors (Lipinski definition) is 1. The average molecular weight is 564 g/mol. The van der Waals surface area contributed by atoms with E-state index in [9.17, 15) is 14.0 Å². The monoisotopic (exact) mass is 563 g/mol. The molecule has 0 amide bonds. The number of fused-ring (bicyclic) bond motifs is 1. The number of piperazine rings is 1. The van der Waals surface area contributed by atoms with Gasteiger partial charge in [-0.05, 0) is 78.9 Å². The van der Waals surface area contributed by atoms with Gasteiger partial charge in [0.05, 0.1) is 12.8 Å². The number of halogens is 2. The number of aromatic nitrogens is 2. The second kappa shape index (κ2) is 11.2. The van der Waals surface area contributed by atoms with Crippen LogP contribution in [0.25, 0.3) is 10.8 Å². The summed E-state index contributed by atoms with van der Waals surface area (Å²) in [4.78, 5) is 34.5. The van der Waals surface area contributed by atoms with Gasteiger partial charge in [-0.1, -0.05) is 17.7 Å². The van der Waals surface area contributed by atoms with Gasteiger partial charge >= 0.3 is 5.97 Å². The molecule has 4 aromatic rings. The summed E-state index contributed by atoms with van der Waals surface area (Å²) >= 11 is 6.04. The Balaban J connectivity index is 1.48. The number of ether oxygens (including phenoxy) is 1. The highest BCUT2D eigenvalue weighted by Crippen LogP contribution is 2.31. The van der Waals surface area contributed by atoms with Gasteiger partial charge in [-0.15, -0.1) is 0 Å². The molecule has 40 heavy (non-hydrogen) atoms. The predicted octanol–water partition coefficient (Wildman–Crippen LogP) is 5.32. The summed E-state index contributed by atoms with van der Waals surface area (Å²) in [5.74, 6) is -0.0173. The lowest BCUT2D eigenvalue weighted by atomic mass is 9.97. The van der Waals surface area contributed by atoms with Gasteiger partial charge in [0.15, 0.2) is 5.69 Å². The van der Waals surface area contributed by atoms with Crippen molar-refractivity contribution in [2.24, 2.45) is 7.05 Å². The summed E-state index contributed by atoms with van der Waals surface area (Å²) in [7, 11) is 3.10. The maximum Gasteiger partial charge on any atom is 0.358 e. The van der Waals surface area contributed by atoms with Gasteiger partial charge in [-0.3, -0.25) is 9.36 Å². The Hall–Kier alpha value is -4.11. The zero-order valence-corrected chi connectivity index (χ0v) is 23.6. The highest BCUT2D eigenvalue weighted by molar-refractivity contribution is 6.29. The molecule has 10 heteroatoms. The van der Waals surface area contributed by atoms with Crippen LogP contribution in [0.15, 0.2) is 59.4 Å². The van der Waals surface area contributed by atoms with Crippen LogP contribution in [0.5, 0.6) is 0 Å². The smallest absolute Gasteiger partial charge is 0.358 e. The van der Waals surface area contributed by atoms with Crippen LogP contribution in [0.3, 0.4) is 0 Å². The van der Waals surface area contributed by atoms with Crippen LogP contribution >= 0.6 is 11.6 Å². The molecular formula is C30H31ClFN5O3. The molecule has 3 heterocycles. The van der Waals surface area contributed by atoms with Crippen molar-refractivity contribution in [1.82, 2.24) is 9.55 Å². The predicted molar refractivity (Wildman–Crippen MR) is 157 cm³/mol. The Kier molecular flexibility index (Phi) is 7.67. The van der Waals surface area contributed by atoms with Crippen molar-refractivity contribution in [3.63, 3.8) is 0 Å². The largest absolute Gasteiger partial charge is 0.464 e. The van der Waals surface area contributed by atoms with Crippen LogP contribution < -0.4 is 20.7 Å². The molecule has 2 aromatic carbocycles. The Labute approximate surface area is 236 Å². The number of nitrogens with one attached hydrogen (secondary N) is 1. The maximum atomic E-state index is 13.6. The SMILES string of the molecule is COC(=O)c1nc(Cl)ccc1N[C@H](C)c1cc(C)cc2c(=O)n(C)c(N3CCN(c4ccc(F)cc4)CC3)cc12. The van der Waals surface area contributed by atoms with E-state index in [4.69, 9.17) is 16.3 Å². The third kappa shape index (κ3) is 5.34. The van der Waals surface area contributed by atoms with Crippen LogP contribution in [0.1, 0.15) is 34.6 Å². The maximum absolute atomic E-state index is 13.6. The second-order valence-electron chi connectivity index (χ2n) is 10.0. The minimum Gasteiger partial charge on any atom is -0.464 e. The molecule has 1 atom stereocenters. The highest BCUT2D eigenvalue weighted by atomic mass is 35.5. The summed E-state index contributed by atoms with van der Waals surface area (Å²) in [6, 6.07) is 15.6. The first-order valence-electron chi connectivity index (χ1n) is 13.1. The molecule has 1 aliphatic rings. The number of pyridine rings is 2. The van der Waals surface area contributed by atoms with Gasteiger partial charge in [0, 0.05) is 50.3 Å². The van der Waals surface area contributed by atoms with Gasteiger partial charge in [0.1, 0.15) is 16.8 Å². The summed E-state index contributed by atoms with van der Waals surface area (Å²) in [5, 5.41) is 5.03. The lowest BCUT2D eigenvalue weighted by molar-refractivity contribution is 0.0595. The zero-order valence-electron chi connectivity index (χ0n) is 22.9. The minimum absolute atomic E-state index is 0.0750. The van der Waals surface area contributed by atoms with E-state index in [1.54, 1.807) is 35.9 Å². The standard InChI is InChI=1S/C30H31ClFN5O3/c1-18-15-22(19(2)33-25-9-10-26(31)34-28(25)30(39)40-4)23-17-27(35(3)29(38)24(23)16-18)37-13-11-36(12-14-37)21-7-5-20(32)6-8-21/h5-10,15-17,19,33H,11-14H2,1-4H3/t19-/m1/s1. The van der Waals surface area contributed by atoms with Crippen molar-refractivity contribution in [3.8, 4) is 0 Å². The number of carbonyl (C=O) groups is 1. The molecule has 0 radical (unpaired) electrons. The summed E-state index contributed by atoms with van der Waals surface area (Å²) in [6.45, 7) is 6.85. The molecule has 208 valence electrons. The second-order valence-corrected chi connectivity index (χ2v) is 10.4. The van der Waals surface area contributed by atoms with Crippen LogP contribution in [0, 0.1) is 12.7 Å². The Bertz CT molecular complexity index is 1630. The van der Waals surface area contributed by atoms with Crippen molar-refractivity contribution in [1.29, 1.82) is 0 Å². The normalized spacial score (nSPS) is 14.3. The number of aryl methyl sites for hydroxylation is 1. The molecule has 5 rings (SSSR count). The van der Waals surface area contributed by atoms with Gasteiger partial charge < -0.3 is 19.9 Å². The minimum atomic E-state index is -0.595. The molecule has 1 fully saturated rings. The third-order valence-electron chi connectivity index (χ3n) is 7.38. The topological polar surface area (TPSA) is 79.7 Å². The van der Waals surface area contributed by atoms with E-state index in [0.717, 1.165) is 41.1 Å². The Morgan fingerprint density at radius 3 is 2.38 bits per heavy atom. The van der Waals surface area contributed by atoms with Crippen molar-refractivity contribution in [2.45, 2.75) is 19.9 Å². The van der Waals surface area contributed by atoms with Crippen LogP contribution in [-0.4, -0.2) is 48.8 Å². The van der Waals surface area contributed by atoms with Gasteiger partial charge in [-0.25, -0.2) is 14.2 Å². The van der Waals surface area contributed by atoms with E-state index in [0.29, 0.717) is 24.2 Å². The lowest BCUT2D eigenvalue weighted by Gasteiger charge is -2.38. The van der Waals surface area contributed by atoms with Crippen LogP contribution in [0.4, 0.5) is 21.6 Å². The molecule has 0 saturated carbocycles. The van der Waals surface area contributed by atoms with Crippen molar-refractivity contribution < 1.29 is 13.9 Å². The fourth-order valence-electron chi connectivity index (χ4n) is 5.30. The van der Waals surface area contributed by atoms with E-state index in [-0.39, 0.29) is 28.3 Å². The molecule has 1 saturated heterocycles. The van der Waals surface area contributed by atoms with Crippen molar-refractivity contribution in [3.05, 3.63) is 92.7 Å². The Morgan fingerprint density at radius 1 is 1.02 bits per heavy atom. The van der Waals surface area contributed by atoms with Crippen molar-refractivity contribution in [2.75, 3.05) is 48.4 Å². The lowest BCUT2D eigenvalue weighted by Crippen LogP contribution is -2.48. The van der Waals surface area contributed by atoms with E-state index in [1.807, 2.05) is 19.9 Å². The van der Waals surface area contributed by atoms with E-state index >= 15 is 0 Å². The first-order valence-corrected chi connectivity index (χ1v) is 13.4. The molecule has 2 aromatic heterocycles. The number of rotatable bonds is 6. The van der Waals surface area contributed by atoms with E-state index < -0.39 is 5.97 Å². The third-order valence-corrected chi connectivity index (χ3v) is 7.59. The van der Waals surface area contributed by atoms with Crippen LogP contribution in [0.2, 0.25) is 5.15 Å². The fourth-order valence-corrected chi connectivity index (χ4v) is 5.44. The van der Waals surface area contributed by atoms with Gasteiger partial charge in [-0.2, -0.15) is 0 Å². The summed E-state index contributed by atoms with van der Waals surface area (Å²) < 4.78 is 20.0. The molecule has 0 bridgehead atoms. The number of carbonyl (C=O) groups excluding carboxylic acids is 1. The summed E-state index contributed by atoms with van der Waals surface area (Å²) in [5.41, 5.74) is 3.36. The number of nitrogens with zero attached hydrogens (tertiary/aromatic N) is 4. The molecule has 0 aliphatic carbocycles. The fraction of sp³-hybridized carbons (Fsp3) is 0.300. The molecule has 0 unspecified atom stereocenters. The van der Waals surface area contributed by atoms with E-state index in [1.165, 1.54) is 19.2 Å². The molecule has 0 spiro atoms. The number of anilines is 3. The molecular weight excluding hydrogens is 533 g/mol. The summed E-state index contributed by atoms with van der Waals surface area (Å²) in [6.07, 6.45) is 0. The first kappa shape index (κ1) is 27.5. The zero-order chi connectivity index (χ0) is 28.6. The number of hydrogen-bond acceptors (Lipinski definition) is 7. The molecule has 1 N–H and O–H groups in total. The molecule has 1 aliphatic heterocycles. The average Bonchev–Trinajstić information content (AvgIpc) is 2.96. The van der Waals surface area contributed by atoms with Crippen molar-refractivity contribution >= 4 is 45.5 Å². The number of methoxy groups -OCH3 is 1. The number of benzene rings is 2. The quantitative estimate of drug-likeness (QED) is 0.251. The van der Waals surface area contributed by atoms with Gasteiger partial charge in [0.2, 0.25) is 0 Å².